The SMILES string of the molecule is CC(C)(C)OC(=O)N1CCc2c([nH]c(=O)c(C(=O)Nc3ccc(C4CCCCC4)cc3)c2O)C1. The van der Waals surface area contributed by atoms with Crippen LogP contribution >= 0.6 is 0 Å². The molecule has 2 amide bonds. The molecule has 8 nitrogen and oxygen atoms in total. The normalized spacial score (nSPS) is 16.6. The lowest BCUT2D eigenvalue weighted by Crippen LogP contribution is -2.41. The maximum atomic E-state index is 12.9. The maximum Gasteiger partial charge on any atom is 0.410 e. The van der Waals surface area contributed by atoms with Crippen molar-refractivity contribution in [2.24, 2.45) is 0 Å². The van der Waals surface area contributed by atoms with Crippen LogP contribution in [0.1, 0.15) is 86.0 Å². The summed E-state index contributed by atoms with van der Waals surface area (Å²) < 4.78 is 5.40. The Kier molecular flexibility index (Phi) is 6.68. The molecule has 34 heavy (non-hydrogen) atoms. The number of H-pyrrole nitrogens is 1. The number of hydrogen-bond acceptors (Lipinski definition) is 5. The van der Waals surface area contributed by atoms with E-state index in [2.05, 4.69) is 10.3 Å². The van der Waals surface area contributed by atoms with Gasteiger partial charge >= 0.3 is 6.09 Å². The van der Waals surface area contributed by atoms with Gasteiger partial charge in [-0.1, -0.05) is 31.4 Å². The number of hydrogen-bond donors (Lipinski definition) is 3. The quantitative estimate of drug-likeness (QED) is 0.607. The molecule has 8 heteroatoms. The summed E-state index contributed by atoms with van der Waals surface area (Å²) in [6.07, 6.45) is 5.98. The molecule has 0 saturated heterocycles. The van der Waals surface area contributed by atoms with Crippen molar-refractivity contribution in [3.63, 3.8) is 0 Å². The van der Waals surface area contributed by atoms with Crippen LogP contribution in [-0.4, -0.2) is 39.1 Å². The van der Waals surface area contributed by atoms with Crippen LogP contribution in [0.15, 0.2) is 29.1 Å². The Morgan fingerprint density at radius 1 is 1.12 bits per heavy atom. The molecule has 0 bridgehead atoms. The maximum absolute atomic E-state index is 12.9. The summed E-state index contributed by atoms with van der Waals surface area (Å²) in [5, 5.41) is 13.5. The van der Waals surface area contributed by atoms with Gasteiger partial charge in [-0.2, -0.15) is 0 Å². The van der Waals surface area contributed by atoms with Crippen molar-refractivity contribution in [1.82, 2.24) is 9.88 Å². The average molecular weight is 468 g/mol. The minimum absolute atomic E-state index is 0.0948. The smallest absolute Gasteiger partial charge is 0.410 e. The number of aromatic hydroxyl groups is 1. The number of nitrogens with one attached hydrogen (secondary N) is 2. The Bertz CT molecular complexity index is 1120. The molecule has 0 spiro atoms. The molecule has 3 N–H and O–H groups in total. The highest BCUT2D eigenvalue weighted by molar-refractivity contribution is 6.06. The number of aromatic nitrogens is 1. The van der Waals surface area contributed by atoms with Crippen molar-refractivity contribution < 1.29 is 19.4 Å². The van der Waals surface area contributed by atoms with Crippen molar-refractivity contribution in [1.29, 1.82) is 0 Å². The molecule has 0 unspecified atom stereocenters. The summed E-state index contributed by atoms with van der Waals surface area (Å²) in [4.78, 5) is 42.1. The third-order valence-corrected chi connectivity index (χ3v) is 6.48. The Morgan fingerprint density at radius 3 is 2.44 bits per heavy atom. The van der Waals surface area contributed by atoms with Gasteiger partial charge in [-0.15, -0.1) is 0 Å². The van der Waals surface area contributed by atoms with E-state index in [1.165, 1.54) is 42.6 Å². The van der Waals surface area contributed by atoms with E-state index in [1.54, 1.807) is 20.8 Å². The average Bonchev–Trinajstić information content (AvgIpc) is 2.78. The zero-order valence-electron chi connectivity index (χ0n) is 20.1. The Hall–Kier alpha value is -3.29. The number of aromatic amines is 1. The molecule has 182 valence electrons. The van der Waals surface area contributed by atoms with Crippen molar-refractivity contribution in [3.8, 4) is 5.75 Å². The fourth-order valence-electron chi connectivity index (χ4n) is 4.76. The summed E-state index contributed by atoms with van der Waals surface area (Å²) in [6, 6.07) is 7.72. The van der Waals surface area contributed by atoms with Crippen LogP contribution in [0.3, 0.4) is 0 Å². The van der Waals surface area contributed by atoms with Gasteiger partial charge in [0.15, 0.2) is 0 Å². The molecule has 1 aromatic heterocycles. The van der Waals surface area contributed by atoms with Crippen LogP contribution in [0.25, 0.3) is 0 Å². The first-order chi connectivity index (χ1) is 16.1. The van der Waals surface area contributed by atoms with Gasteiger partial charge in [-0.3, -0.25) is 9.59 Å². The second-order valence-corrected chi connectivity index (χ2v) is 10.2. The van der Waals surface area contributed by atoms with E-state index in [-0.39, 0.29) is 17.9 Å². The fraction of sp³-hybridized carbons (Fsp3) is 0.500. The Morgan fingerprint density at radius 2 is 1.79 bits per heavy atom. The molecule has 2 heterocycles. The number of anilines is 1. The number of rotatable bonds is 3. The number of carbonyl (C=O) groups is 2. The topological polar surface area (TPSA) is 112 Å². The van der Waals surface area contributed by atoms with Gasteiger partial charge in [-0.05, 0) is 63.6 Å². The first-order valence-electron chi connectivity index (χ1n) is 12.0. The van der Waals surface area contributed by atoms with E-state index in [0.29, 0.717) is 35.8 Å². The van der Waals surface area contributed by atoms with Gasteiger partial charge in [0.1, 0.15) is 16.9 Å². The van der Waals surface area contributed by atoms with Gasteiger partial charge < -0.3 is 25.0 Å². The second-order valence-electron chi connectivity index (χ2n) is 10.2. The molecule has 1 aliphatic heterocycles. The highest BCUT2D eigenvalue weighted by atomic mass is 16.6. The van der Waals surface area contributed by atoms with Gasteiger partial charge in [0.25, 0.3) is 11.5 Å². The Balaban J connectivity index is 1.48. The van der Waals surface area contributed by atoms with E-state index in [1.807, 2.05) is 24.3 Å². The Labute approximate surface area is 199 Å². The zero-order valence-corrected chi connectivity index (χ0v) is 20.1. The fourth-order valence-corrected chi connectivity index (χ4v) is 4.76. The second kappa shape index (κ2) is 9.52. The van der Waals surface area contributed by atoms with Gasteiger partial charge in [0.2, 0.25) is 0 Å². The minimum Gasteiger partial charge on any atom is -0.507 e. The van der Waals surface area contributed by atoms with E-state index in [4.69, 9.17) is 4.74 Å². The third kappa shape index (κ3) is 5.26. The van der Waals surface area contributed by atoms with Crippen LogP contribution in [0.2, 0.25) is 0 Å². The van der Waals surface area contributed by atoms with Crippen LogP contribution in [0.5, 0.6) is 5.75 Å². The summed E-state index contributed by atoms with van der Waals surface area (Å²) in [5.74, 6) is -0.438. The summed E-state index contributed by atoms with van der Waals surface area (Å²) >= 11 is 0. The van der Waals surface area contributed by atoms with Gasteiger partial charge in [0.05, 0.1) is 6.54 Å². The molecule has 2 aromatic rings. The predicted octanol–water partition coefficient (Wildman–Crippen LogP) is 4.67. The van der Waals surface area contributed by atoms with Crippen LogP contribution in [-0.2, 0) is 17.7 Å². The van der Waals surface area contributed by atoms with Crippen molar-refractivity contribution in [3.05, 3.63) is 57.0 Å². The van der Waals surface area contributed by atoms with Crippen molar-refractivity contribution in [2.45, 2.75) is 77.4 Å². The predicted molar refractivity (Wildman–Crippen MR) is 129 cm³/mol. The first kappa shape index (κ1) is 23.9. The van der Waals surface area contributed by atoms with Crippen LogP contribution in [0.4, 0.5) is 10.5 Å². The van der Waals surface area contributed by atoms with Crippen LogP contribution in [0, 0.1) is 0 Å². The first-order valence-corrected chi connectivity index (χ1v) is 12.0. The van der Waals surface area contributed by atoms with Gasteiger partial charge in [-0.25, -0.2) is 4.79 Å². The van der Waals surface area contributed by atoms with Gasteiger partial charge in [0, 0.05) is 23.5 Å². The third-order valence-electron chi connectivity index (χ3n) is 6.48. The molecular formula is C26H33N3O5. The highest BCUT2D eigenvalue weighted by Gasteiger charge is 2.30. The highest BCUT2D eigenvalue weighted by Crippen LogP contribution is 2.33. The number of fused-ring (bicyclic) bond motifs is 1. The zero-order chi connectivity index (χ0) is 24.5. The summed E-state index contributed by atoms with van der Waals surface area (Å²) in [5.41, 5.74) is 1.06. The molecule has 0 atom stereocenters. The van der Waals surface area contributed by atoms with E-state index in [9.17, 15) is 19.5 Å². The number of pyridine rings is 1. The molecule has 4 rings (SSSR count). The number of benzene rings is 1. The number of amides is 2. The summed E-state index contributed by atoms with van der Waals surface area (Å²) in [7, 11) is 0. The van der Waals surface area contributed by atoms with E-state index < -0.39 is 23.2 Å². The van der Waals surface area contributed by atoms with Crippen LogP contribution < -0.4 is 10.9 Å². The molecule has 1 saturated carbocycles. The van der Waals surface area contributed by atoms with E-state index in [0.717, 1.165) is 0 Å². The number of nitrogens with zero attached hydrogens (tertiary/aromatic N) is 1. The van der Waals surface area contributed by atoms with Crippen molar-refractivity contribution >= 4 is 17.7 Å². The standard InChI is InChI=1S/C26H33N3O5/c1-26(2,3)34-25(33)29-14-13-19-20(15-29)28-24(32)21(22(19)30)23(31)27-18-11-9-17(10-12-18)16-7-5-4-6-8-16/h9-12,16H,4-8,13-15H2,1-3H3,(H,27,31)(H2,28,30,32). The molecular weight excluding hydrogens is 434 g/mol. The lowest BCUT2D eigenvalue weighted by molar-refractivity contribution is 0.0219. The molecule has 1 fully saturated rings. The number of carbonyl (C=O) groups excluding carboxylic acids is 2. The van der Waals surface area contributed by atoms with E-state index >= 15 is 0 Å². The van der Waals surface area contributed by atoms with Crippen molar-refractivity contribution in [2.75, 3.05) is 11.9 Å². The lowest BCUT2D eigenvalue weighted by Gasteiger charge is -2.31. The molecule has 1 aliphatic carbocycles. The minimum atomic E-state index is -0.696. The number of ether oxygens (including phenoxy) is 1. The monoisotopic (exact) mass is 467 g/mol. The largest absolute Gasteiger partial charge is 0.507 e. The molecule has 2 aliphatic rings. The summed E-state index contributed by atoms with van der Waals surface area (Å²) in [6.45, 7) is 5.75. The molecule has 0 radical (unpaired) electrons. The lowest BCUT2D eigenvalue weighted by atomic mass is 9.84. The molecule has 1 aromatic carbocycles.